The first-order valence-electron chi connectivity index (χ1n) is 11.3. The fraction of sp³-hybridized carbons (Fsp3) is 0.360. The molecular formula is C25H27N7. The van der Waals surface area contributed by atoms with Crippen LogP contribution in [0.1, 0.15) is 41.3 Å². The van der Waals surface area contributed by atoms with Crippen molar-refractivity contribution in [2.45, 2.75) is 44.8 Å². The highest BCUT2D eigenvalue weighted by Gasteiger charge is 2.41. The Balaban J connectivity index is 1.33. The van der Waals surface area contributed by atoms with Gasteiger partial charge in [-0.15, -0.1) is 0 Å². The fourth-order valence-corrected chi connectivity index (χ4v) is 5.25. The van der Waals surface area contributed by atoms with Gasteiger partial charge in [-0.05, 0) is 25.8 Å². The Bertz CT molecular complexity index is 1290. The average molecular weight is 426 g/mol. The molecule has 0 aliphatic carbocycles. The summed E-state index contributed by atoms with van der Waals surface area (Å²) in [6.07, 6.45) is 9.35. The predicted molar refractivity (Wildman–Crippen MR) is 125 cm³/mol. The molecule has 7 nitrogen and oxygen atoms in total. The second kappa shape index (κ2) is 7.38. The molecule has 2 bridgehead atoms. The van der Waals surface area contributed by atoms with E-state index in [2.05, 4.69) is 62.8 Å². The summed E-state index contributed by atoms with van der Waals surface area (Å²) in [7, 11) is 3.92. The topological polar surface area (TPSA) is 62.5 Å². The van der Waals surface area contributed by atoms with E-state index >= 15 is 0 Å². The van der Waals surface area contributed by atoms with E-state index in [9.17, 15) is 0 Å². The fourth-order valence-electron chi connectivity index (χ4n) is 5.25. The lowest BCUT2D eigenvalue weighted by atomic mass is 9.98. The Morgan fingerprint density at radius 3 is 2.66 bits per heavy atom. The molecule has 1 fully saturated rings. The summed E-state index contributed by atoms with van der Waals surface area (Å²) in [5, 5.41) is 4.98. The highest BCUT2D eigenvalue weighted by Crippen LogP contribution is 2.44. The van der Waals surface area contributed by atoms with Gasteiger partial charge in [-0.2, -0.15) is 5.10 Å². The molecule has 7 heteroatoms. The summed E-state index contributed by atoms with van der Waals surface area (Å²) in [5.41, 5.74) is 8.10. The SMILES string of the molecule is Cc1cccc(-c2cc3ncc4c(n3n2)C[C@@H]2CC[C@@H]4N2Cc2cnc(N(C)C)nc2)c1. The summed E-state index contributed by atoms with van der Waals surface area (Å²) in [6.45, 7) is 2.99. The Kier molecular flexibility index (Phi) is 4.47. The Morgan fingerprint density at radius 1 is 1.03 bits per heavy atom. The van der Waals surface area contributed by atoms with Gasteiger partial charge in [0.2, 0.25) is 5.95 Å². The van der Waals surface area contributed by atoms with E-state index in [0.717, 1.165) is 47.8 Å². The third kappa shape index (κ3) is 3.15. The number of fused-ring (bicyclic) bond motifs is 6. The molecule has 162 valence electrons. The molecule has 5 heterocycles. The van der Waals surface area contributed by atoms with Crippen LogP contribution in [0.2, 0.25) is 0 Å². The van der Waals surface area contributed by atoms with Crippen LogP contribution in [0, 0.1) is 6.92 Å². The van der Waals surface area contributed by atoms with Crippen molar-refractivity contribution in [3.63, 3.8) is 0 Å². The zero-order valence-corrected chi connectivity index (χ0v) is 18.7. The molecule has 1 saturated heterocycles. The number of anilines is 1. The van der Waals surface area contributed by atoms with Crippen LogP contribution >= 0.6 is 0 Å². The van der Waals surface area contributed by atoms with E-state index in [1.807, 2.05) is 31.4 Å². The minimum atomic E-state index is 0.376. The monoisotopic (exact) mass is 425 g/mol. The molecule has 0 amide bonds. The van der Waals surface area contributed by atoms with Crippen molar-refractivity contribution in [1.82, 2.24) is 29.5 Å². The molecular weight excluding hydrogens is 398 g/mol. The van der Waals surface area contributed by atoms with Crippen molar-refractivity contribution in [3.8, 4) is 11.3 Å². The van der Waals surface area contributed by atoms with E-state index in [0.29, 0.717) is 12.1 Å². The molecule has 0 unspecified atom stereocenters. The van der Waals surface area contributed by atoms with E-state index < -0.39 is 0 Å². The van der Waals surface area contributed by atoms with Crippen molar-refractivity contribution in [1.29, 1.82) is 0 Å². The number of hydrogen-bond donors (Lipinski definition) is 0. The minimum absolute atomic E-state index is 0.376. The normalized spacial score (nSPS) is 20.0. The van der Waals surface area contributed by atoms with Crippen LogP contribution in [-0.2, 0) is 13.0 Å². The summed E-state index contributed by atoms with van der Waals surface area (Å²) in [6, 6.07) is 11.5. The minimum Gasteiger partial charge on any atom is -0.347 e. The number of rotatable bonds is 4. The maximum absolute atomic E-state index is 4.98. The van der Waals surface area contributed by atoms with Gasteiger partial charge in [0.1, 0.15) is 0 Å². The van der Waals surface area contributed by atoms with E-state index in [1.165, 1.54) is 23.2 Å². The molecule has 2 aliphatic heterocycles. The van der Waals surface area contributed by atoms with Crippen LogP contribution in [0.5, 0.6) is 0 Å². The number of benzene rings is 1. The van der Waals surface area contributed by atoms with Crippen LogP contribution in [0.25, 0.3) is 16.9 Å². The number of aromatic nitrogens is 5. The second-order valence-electron chi connectivity index (χ2n) is 9.24. The first-order valence-corrected chi connectivity index (χ1v) is 11.3. The van der Waals surface area contributed by atoms with E-state index in [-0.39, 0.29) is 0 Å². The molecule has 32 heavy (non-hydrogen) atoms. The van der Waals surface area contributed by atoms with Gasteiger partial charge in [0.15, 0.2) is 5.65 Å². The van der Waals surface area contributed by atoms with Crippen LogP contribution in [0.4, 0.5) is 5.95 Å². The van der Waals surface area contributed by atoms with Gasteiger partial charge in [-0.1, -0.05) is 23.8 Å². The molecule has 6 rings (SSSR count). The van der Waals surface area contributed by atoms with Crippen molar-refractivity contribution < 1.29 is 0 Å². The lowest BCUT2D eigenvalue weighted by Gasteiger charge is -2.36. The summed E-state index contributed by atoms with van der Waals surface area (Å²) in [5.74, 6) is 0.746. The first kappa shape index (κ1) is 19.4. The van der Waals surface area contributed by atoms with Gasteiger partial charge in [-0.3, -0.25) is 4.90 Å². The maximum Gasteiger partial charge on any atom is 0.224 e. The molecule has 4 aromatic rings. The molecule has 0 N–H and O–H groups in total. The Morgan fingerprint density at radius 2 is 1.88 bits per heavy atom. The third-order valence-electron chi connectivity index (χ3n) is 6.82. The van der Waals surface area contributed by atoms with Gasteiger partial charge in [0.25, 0.3) is 0 Å². The standard InChI is InChI=1S/C25H27N7/c1-16-5-4-6-18(9-16)21-11-24-26-14-20-22-8-7-19(10-23(20)32(24)29-21)31(22)15-17-12-27-25(28-13-17)30(2)3/h4-6,9,11-14,19,22H,7-8,10,15H2,1-3H3/t19-,22-/m0/s1. The van der Waals surface area contributed by atoms with Crippen LogP contribution in [-0.4, -0.2) is 49.6 Å². The molecule has 2 atom stereocenters. The van der Waals surface area contributed by atoms with Crippen LogP contribution in [0.15, 0.2) is 48.9 Å². The number of aryl methyl sites for hydroxylation is 1. The van der Waals surface area contributed by atoms with Crippen molar-refractivity contribution in [2.75, 3.05) is 19.0 Å². The highest BCUT2D eigenvalue weighted by molar-refractivity contribution is 5.65. The maximum atomic E-state index is 4.98. The zero-order chi connectivity index (χ0) is 21.8. The second-order valence-corrected chi connectivity index (χ2v) is 9.24. The summed E-state index contributed by atoms with van der Waals surface area (Å²) >= 11 is 0. The van der Waals surface area contributed by atoms with Crippen LogP contribution in [0.3, 0.4) is 0 Å². The summed E-state index contributed by atoms with van der Waals surface area (Å²) < 4.78 is 2.09. The van der Waals surface area contributed by atoms with Crippen molar-refractivity contribution >= 4 is 11.6 Å². The van der Waals surface area contributed by atoms with E-state index in [4.69, 9.17) is 10.1 Å². The molecule has 3 aromatic heterocycles. The van der Waals surface area contributed by atoms with E-state index in [1.54, 1.807) is 0 Å². The van der Waals surface area contributed by atoms with Gasteiger partial charge < -0.3 is 4.90 Å². The van der Waals surface area contributed by atoms with Crippen LogP contribution < -0.4 is 4.90 Å². The quantitative estimate of drug-likeness (QED) is 0.495. The summed E-state index contributed by atoms with van der Waals surface area (Å²) in [4.78, 5) is 18.3. The van der Waals surface area contributed by atoms with Gasteiger partial charge in [0.05, 0.1) is 11.4 Å². The zero-order valence-electron chi connectivity index (χ0n) is 18.7. The molecule has 0 radical (unpaired) electrons. The number of nitrogens with zero attached hydrogens (tertiary/aromatic N) is 7. The largest absolute Gasteiger partial charge is 0.347 e. The van der Waals surface area contributed by atoms with Gasteiger partial charge >= 0.3 is 0 Å². The molecule has 0 spiro atoms. The Labute approximate surface area is 187 Å². The number of hydrogen-bond acceptors (Lipinski definition) is 6. The van der Waals surface area contributed by atoms with Gasteiger partial charge in [-0.25, -0.2) is 19.5 Å². The molecule has 0 saturated carbocycles. The lowest BCUT2D eigenvalue weighted by Crippen LogP contribution is -2.38. The lowest BCUT2D eigenvalue weighted by molar-refractivity contribution is 0.165. The Hall–Kier alpha value is -3.32. The predicted octanol–water partition coefficient (Wildman–Crippen LogP) is 3.82. The molecule has 2 aliphatic rings. The highest BCUT2D eigenvalue weighted by atomic mass is 15.3. The molecule has 1 aromatic carbocycles. The van der Waals surface area contributed by atoms with Crippen molar-refractivity contribution in [3.05, 3.63) is 71.3 Å². The van der Waals surface area contributed by atoms with Gasteiger partial charge in [0, 0.05) is 80.5 Å². The first-order chi connectivity index (χ1) is 15.6. The van der Waals surface area contributed by atoms with Crippen molar-refractivity contribution in [2.24, 2.45) is 0 Å². The third-order valence-corrected chi connectivity index (χ3v) is 6.82. The smallest absolute Gasteiger partial charge is 0.224 e. The average Bonchev–Trinajstić information content (AvgIpc) is 3.34.